The predicted octanol–water partition coefficient (Wildman–Crippen LogP) is 2.24. The molecule has 2 heteroatoms. The molecule has 0 bridgehead atoms. The normalized spacial score (nSPS) is 11.2. The molecule has 0 N–H and O–H groups in total. The molecule has 0 saturated heterocycles. The van der Waals surface area contributed by atoms with Crippen molar-refractivity contribution in [2.75, 3.05) is 0 Å². The zero-order valence-corrected chi connectivity index (χ0v) is 8.16. The number of carbonyl (C=O) groups excluding carboxylic acids is 1. The topological polar surface area (TPSA) is 30.0 Å². The molecule has 0 aliphatic carbocycles. The highest BCUT2D eigenvalue weighted by Crippen LogP contribution is 2.18. The molecule has 0 aliphatic rings. The Kier molecular flexibility index (Phi) is 3.18. The molecule has 13 heavy (non-hydrogen) atoms. The van der Waals surface area contributed by atoms with Crippen LogP contribution in [0.4, 0.5) is 0 Å². The fourth-order valence-corrected chi connectivity index (χ4v) is 1.06. The molecule has 1 aromatic heterocycles. The van der Waals surface area contributed by atoms with Crippen LogP contribution < -0.4 is 0 Å². The van der Waals surface area contributed by atoms with Crippen LogP contribution >= 0.6 is 0 Å². The van der Waals surface area contributed by atoms with Gasteiger partial charge in [-0.2, -0.15) is 0 Å². The first-order valence-electron chi connectivity index (χ1n) is 4.50. The maximum absolute atomic E-state index is 10.6. The van der Waals surface area contributed by atoms with Crippen molar-refractivity contribution in [1.82, 2.24) is 4.98 Å². The molecular weight excluding hydrogens is 162 g/mol. The van der Waals surface area contributed by atoms with Crippen LogP contribution in [0.1, 0.15) is 26.0 Å². The molecule has 0 atom stereocenters. The monoisotopic (exact) mass is 177 g/mol. The predicted molar refractivity (Wildman–Crippen MR) is 52.4 cm³/mol. The molecule has 1 aromatic rings. The quantitative estimate of drug-likeness (QED) is 0.660. The first kappa shape index (κ1) is 9.90. The van der Waals surface area contributed by atoms with Gasteiger partial charge in [-0.25, -0.2) is 0 Å². The Balaban J connectivity index is 2.48. The second-order valence-corrected chi connectivity index (χ2v) is 3.93. The van der Waals surface area contributed by atoms with Gasteiger partial charge in [0, 0.05) is 17.3 Å². The van der Waals surface area contributed by atoms with E-state index in [4.69, 9.17) is 0 Å². The average Bonchev–Trinajstić information content (AvgIpc) is 2.17. The Hall–Kier alpha value is -1.18. The van der Waals surface area contributed by atoms with Crippen LogP contribution in [0.2, 0.25) is 0 Å². The third-order valence-electron chi connectivity index (χ3n) is 2.07. The number of aromatic nitrogens is 1. The minimum absolute atomic E-state index is 0.225. The molecule has 0 amide bonds. The third kappa shape index (κ3) is 3.36. The first-order valence-corrected chi connectivity index (χ1v) is 4.50. The number of aryl methyl sites for hydroxylation is 1. The highest BCUT2D eigenvalue weighted by molar-refractivity contribution is 5.57. The van der Waals surface area contributed by atoms with Crippen molar-refractivity contribution in [1.29, 1.82) is 0 Å². The minimum atomic E-state index is -0.225. The maximum Gasteiger partial charge on any atom is 0.125 e. The van der Waals surface area contributed by atoms with Crippen LogP contribution in [0, 0.1) is 5.41 Å². The number of aldehydes is 1. The highest BCUT2D eigenvalue weighted by Gasteiger charge is 2.15. The lowest BCUT2D eigenvalue weighted by Gasteiger charge is -2.15. The van der Waals surface area contributed by atoms with Crippen LogP contribution in [0.25, 0.3) is 0 Å². The fraction of sp³-hybridized carbons (Fsp3) is 0.455. The summed E-state index contributed by atoms with van der Waals surface area (Å²) in [6.45, 7) is 3.89. The molecule has 0 spiro atoms. The zero-order valence-electron chi connectivity index (χ0n) is 8.16. The van der Waals surface area contributed by atoms with Crippen molar-refractivity contribution >= 4 is 6.29 Å². The van der Waals surface area contributed by atoms with E-state index in [1.54, 1.807) is 6.20 Å². The summed E-state index contributed by atoms with van der Waals surface area (Å²) in [4.78, 5) is 14.8. The molecule has 0 unspecified atom stereocenters. The van der Waals surface area contributed by atoms with E-state index >= 15 is 0 Å². The molecule has 0 saturated carbocycles. The summed E-state index contributed by atoms with van der Waals surface area (Å²) in [5.41, 5.74) is 0.828. The highest BCUT2D eigenvalue weighted by atomic mass is 16.1. The number of rotatable bonds is 4. The first-order chi connectivity index (χ1) is 6.14. The number of hydrogen-bond donors (Lipinski definition) is 0. The van der Waals surface area contributed by atoms with E-state index in [1.807, 2.05) is 32.0 Å². The van der Waals surface area contributed by atoms with Gasteiger partial charge in [0.2, 0.25) is 0 Å². The summed E-state index contributed by atoms with van der Waals surface area (Å²) in [5.74, 6) is 0. The number of nitrogens with zero attached hydrogens (tertiary/aromatic N) is 1. The smallest absolute Gasteiger partial charge is 0.125 e. The van der Waals surface area contributed by atoms with Crippen LogP contribution in [0.5, 0.6) is 0 Å². The van der Waals surface area contributed by atoms with E-state index in [0.717, 1.165) is 24.8 Å². The number of carbonyl (C=O) groups is 1. The third-order valence-corrected chi connectivity index (χ3v) is 2.07. The van der Waals surface area contributed by atoms with Gasteiger partial charge in [-0.3, -0.25) is 4.98 Å². The maximum atomic E-state index is 10.6. The molecule has 0 aliphatic heterocycles. The molecular formula is C11H15NO. The summed E-state index contributed by atoms with van der Waals surface area (Å²) in [6, 6.07) is 5.85. The Labute approximate surface area is 79.0 Å². The molecule has 1 heterocycles. The van der Waals surface area contributed by atoms with Gasteiger partial charge < -0.3 is 4.79 Å². The van der Waals surface area contributed by atoms with E-state index in [-0.39, 0.29) is 5.41 Å². The number of pyridine rings is 1. The second-order valence-electron chi connectivity index (χ2n) is 3.93. The summed E-state index contributed by atoms with van der Waals surface area (Å²) >= 11 is 0. The minimum Gasteiger partial charge on any atom is -0.303 e. The average molecular weight is 177 g/mol. The van der Waals surface area contributed by atoms with Crippen LogP contribution in [-0.2, 0) is 11.2 Å². The van der Waals surface area contributed by atoms with Gasteiger partial charge >= 0.3 is 0 Å². The van der Waals surface area contributed by atoms with Crippen molar-refractivity contribution < 1.29 is 4.79 Å². The van der Waals surface area contributed by atoms with Crippen LogP contribution in [0.3, 0.4) is 0 Å². The van der Waals surface area contributed by atoms with Crippen molar-refractivity contribution in [2.24, 2.45) is 5.41 Å². The zero-order chi connectivity index (χ0) is 9.73. The molecule has 0 aromatic carbocycles. The lowest BCUT2D eigenvalue weighted by molar-refractivity contribution is -0.114. The van der Waals surface area contributed by atoms with Crippen LogP contribution in [0.15, 0.2) is 24.4 Å². The van der Waals surface area contributed by atoms with Gasteiger partial charge in [-0.1, -0.05) is 19.9 Å². The summed E-state index contributed by atoms with van der Waals surface area (Å²) in [6.07, 6.45) is 4.51. The molecule has 1 rings (SSSR count). The Morgan fingerprint density at radius 3 is 2.77 bits per heavy atom. The molecule has 0 fully saturated rings. The summed E-state index contributed by atoms with van der Waals surface area (Å²) in [7, 11) is 0. The SMILES string of the molecule is CC(C)(C=O)CCc1ccccn1. The van der Waals surface area contributed by atoms with Gasteiger partial charge in [-0.05, 0) is 25.0 Å². The second kappa shape index (κ2) is 4.17. The lowest BCUT2D eigenvalue weighted by atomic mass is 9.89. The van der Waals surface area contributed by atoms with Gasteiger partial charge in [0.05, 0.1) is 0 Å². The van der Waals surface area contributed by atoms with Gasteiger partial charge in [-0.15, -0.1) is 0 Å². The Morgan fingerprint density at radius 1 is 1.46 bits per heavy atom. The molecule has 2 nitrogen and oxygen atoms in total. The van der Waals surface area contributed by atoms with Crippen molar-refractivity contribution in [3.63, 3.8) is 0 Å². The largest absolute Gasteiger partial charge is 0.303 e. The van der Waals surface area contributed by atoms with Gasteiger partial charge in [0.1, 0.15) is 6.29 Å². The van der Waals surface area contributed by atoms with E-state index in [1.165, 1.54) is 0 Å². The van der Waals surface area contributed by atoms with E-state index in [9.17, 15) is 4.79 Å². The lowest BCUT2D eigenvalue weighted by Crippen LogP contribution is -2.14. The molecule has 70 valence electrons. The van der Waals surface area contributed by atoms with E-state index in [2.05, 4.69) is 4.98 Å². The van der Waals surface area contributed by atoms with Crippen molar-refractivity contribution in [3.8, 4) is 0 Å². The molecule has 0 radical (unpaired) electrons. The van der Waals surface area contributed by atoms with E-state index in [0.29, 0.717) is 0 Å². The van der Waals surface area contributed by atoms with Gasteiger partial charge in [0.15, 0.2) is 0 Å². The number of hydrogen-bond acceptors (Lipinski definition) is 2. The van der Waals surface area contributed by atoms with Gasteiger partial charge in [0.25, 0.3) is 0 Å². The Morgan fingerprint density at radius 2 is 2.23 bits per heavy atom. The van der Waals surface area contributed by atoms with Crippen molar-refractivity contribution in [3.05, 3.63) is 30.1 Å². The van der Waals surface area contributed by atoms with Crippen LogP contribution in [-0.4, -0.2) is 11.3 Å². The van der Waals surface area contributed by atoms with E-state index < -0.39 is 0 Å². The van der Waals surface area contributed by atoms with Crippen molar-refractivity contribution in [2.45, 2.75) is 26.7 Å². The summed E-state index contributed by atoms with van der Waals surface area (Å²) < 4.78 is 0. The Bertz CT molecular complexity index is 267. The fourth-order valence-electron chi connectivity index (χ4n) is 1.06. The summed E-state index contributed by atoms with van der Waals surface area (Å²) in [5, 5.41) is 0. The standard InChI is InChI=1S/C11H15NO/c1-11(2,9-13)7-6-10-5-3-4-8-12-10/h3-5,8-9H,6-7H2,1-2H3.